The van der Waals surface area contributed by atoms with Crippen LogP contribution in [0.1, 0.15) is 42.5 Å². The van der Waals surface area contributed by atoms with E-state index in [2.05, 4.69) is 0 Å². The normalized spacial score (nSPS) is 17.3. The summed E-state index contributed by atoms with van der Waals surface area (Å²) in [6.07, 6.45) is 5.72. The zero-order valence-electron chi connectivity index (χ0n) is 14.2. The average molecular weight is 320 g/mol. The van der Waals surface area contributed by atoms with Crippen molar-refractivity contribution in [3.63, 3.8) is 0 Å². The molecule has 0 aromatic heterocycles. The quantitative estimate of drug-likeness (QED) is 0.748. The zero-order valence-corrected chi connectivity index (χ0v) is 14.2. The molecule has 5 nitrogen and oxygen atoms in total. The molecule has 1 atom stereocenters. The number of methoxy groups -OCH3 is 2. The average Bonchev–Trinajstić information content (AvgIpc) is 3.06. The molecule has 1 fully saturated rings. The standard InChI is InChI=1S/C18H28N2O3/c1-22-15-8-6-9-16(23-2)17(15)18(21)20-12-10-14(13-20)7-4-3-5-11-19/h6,8-9,14H,3-5,7,10-13,19H2,1-2H3. The Morgan fingerprint density at radius 1 is 1.22 bits per heavy atom. The molecular weight excluding hydrogens is 292 g/mol. The van der Waals surface area contributed by atoms with Gasteiger partial charge in [-0.15, -0.1) is 0 Å². The Morgan fingerprint density at radius 2 is 1.91 bits per heavy atom. The Hall–Kier alpha value is -1.75. The van der Waals surface area contributed by atoms with E-state index >= 15 is 0 Å². The van der Waals surface area contributed by atoms with E-state index < -0.39 is 0 Å². The number of nitrogens with zero attached hydrogens (tertiary/aromatic N) is 1. The zero-order chi connectivity index (χ0) is 16.7. The number of carbonyl (C=O) groups is 1. The number of carbonyl (C=O) groups excluding carboxylic acids is 1. The maximum Gasteiger partial charge on any atom is 0.261 e. The molecule has 0 spiro atoms. The van der Waals surface area contributed by atoms with Crippen molar-refractivity contribution in [2.75, 3.05) is 33.9 Å². The molecule has 2 N–H and O–H groups in total. The lowest BCUT2D eigenvalue weighted by Crippen LogP contribution is -2.29. The molecule has 1 aromatic rings. The van der Waals surface area contributed by atoms with E-state index in [0.717, 1.165) is 32.5 Å². The maximum absolute atomic E-state index is 12.9. The van der Waals surface area contributed by atoms with Gasteiger partial charge in [0, 0.05) is 13.1 Å². The summed E-state index contributed by atoms with van der Waals surface area (Å²) < 4.78 is 10.7. The van der Waals surface area contributed by atoms with Crippen molar-refractivity contribution in [1.82, 2.24) is 4.90 Å². The highest BCUT2D eigenvalue weighted by Gasteiger charge is 2.30. The predicted octanol–water partition coefficient (Wildman–Crippen LogP) is 2.69. The number of hydrogen-bond acceptors (Lipinski definition) is 4. The molecule has 2 rings (SSSR count). The highest BCUT2D eigenvalue weighted by molar-refractivity contribution is 5.99. The molecule has 1 aliphatic heterocycles. The fraction of sp³-hybridized carbons (Fsp3) is 0.611. The number of likely N-dealkylation sites (tertiary alicyclic amines) is 1. The highest BCUT2D eigenvalue weighted by atomic mass is 16.5. The van der Waals surface area contributed by atoms with E-state index in [0.29, 0.717) is 23.0 Å². The van der Waals surface area contributed by atoms with Crippen LogP contribution in [0.2, 0.25) is 0 Å². The molecule has 1 aromatic carbocycles. The van der Waals surface area contributed by atoms with Crippen molar-refractivity contribution >= 4 is 5.91 Å². The summed E-state index contributed by atoms with van der Waals surface area (Å²) in [5.74, 6) is 1.74. The largest absolute Gasteiger partial charge is 0.496 e. The Bertz CT molecular complexity index is 497. The van der Waals surface area contributed by atoms with Crippen LogP contribution in [-0.4, -0.2) is 44.7 Å². The van der Waals surface area contributed by atoms with E-state index in [-0.39, 0.29) is 5.91 Å². The first-order chi connectivity index (χ1) is 11.2. The Labute approximate surface area is 138 Å². The highest BCUT2D eigenvalue weighted by Crippen LogP contribution is 2.32. The molecule has 1 heterocycles. The fourth-order valence-corrected chi connectivity index (χ4v) is 3.23. The van der Waals surface area contributed by atoms with Crippen molar-refractivity contribution in [3.05, 3.63) is 23.8 Å². The molecule has 0 bridgehead atoms. The minimum atomic E-state index is 0.00348. The van der Waals surface area contributed by atoms with Gasteiger partial charge in [0.25, 0.3) is 5.91 Å². The van der Waals surface area contributed by atoms with Gasteiger partial charge in [0.1, 0.15) is 17.1 Å². The first kappa shape index (κ1) is 17.6. The molecular formula is C18H28N2O3. The second-order valence-corrected chi connectivity index (χ2v) is 6.08. The number of unbranched alkanes of at least 4 members (excludes halogenated alkanes) is 2. The number of amides is 1. The number of hydrogen-bond donors (Lipinski definition) is 1. The van der Waals surface area contributed by atoms with Gasteiger partial charge >= 0.3 is 0 Å². The van der Waals surface area contributed by atoms with Crippen molar-refractivity contribution in [1.29, 1.82) is 0 Å². The second kappa shape index (κ2) is 8.77. The molecule has 0 radical (unpaired) electrons. The van der Waals surface area contributed by atoms with Crippen LogP contribution in [0.3, 0.4) is 0 Å². The lowest BCUT2D eigenvalue weighted by atomic mass is 10.0. The van der Waals surface area contributed by atoms with Crippen molar-refractivity contribution in [3.8, 4) is 11.5 Å². The SMILES string of the molecule is COc1cccc(OC)c1C(=O)N1CCC(CCCCCN)C1. The minimum absolute atomic E-state index is 0.00348. The van der Waals surface area contributed by atoms with E-state index in [1.165, 1.54) is 19.3 Å². The molecule has 5 heteroatoms. The first-order valence-electron chi connectivity index (χ1n) is 8.41. The predicted molar refractivity (Wildman–Crippen MR) is 91.1 cm³/mol. The summed E-state index contributed by atoms with van der Waals surface area (Å²) in [7, 11) is 3.16. The Morgan fingerprint density at radius 3 is 2.52 bits per heavy atom. The molecule has 1 aliphatic rings. The van der Waals surface area contributed by atoms with Crippen LogP contribution in [0.15, 0.2) is 18.2 Å². The summed E-state index contributed by atoms with van der Waals surface area (Å²) in [5, 5.41) is 0. The van der Waals surface area contributed by atoms with Crippen LogP contribution in [0.5, 0.6) is 11.5 Å². The summed E-state index contributed by atoms with van der Waals surface area (Å²) in [6, 6.07) is 5.44. The lowest BCUT2D eigenvalue weighted by Gasteiger charge is -2.20. The Balaban J connectivity index is 1.99. The van der Waals surface area contributed by atoms with Gasteiger partial charge in [0.05, 0.1) is 14.2 Å². The smallest absolute Gasteiger partial charge is 0.261 e. The minimum Gasteiger partial charge on any atom is -0.496 e. The summed E-state index contributed by atoms with van der Waals surface area (Å²) in [4.78, 5) is 14.8. The van der Waals surface area contributed by atoms with Crippen LogP contribution < -0.4 is 15.2 Å². The maximum atomic E-state index is 12.9. The number of ether oxygens (including phenoxy) is 2. The first-order valence-corrected chi connectivity index (χ1v) is 8.41. The molecule has 128 valence electrons. The van der Waals surface area contributed by atoms with Crippen molar-refractivity contribution in [2.24, 2.45) is 11.7 Å². The molecule has 23 heavy (non-hydrogen) atoms. The van der Waals surface area contributed by atoms with Gasteiger partial charge in [-0.2, -0.15) is 0 Å². The number of rotatable bonds is 8. The van der Waals surface area contributed by atoms with Gasteiger partial charge in [0.2, 0.25) is 0 Å². The fourth-order valence-electron chi connectivity index (χ4n) is 3.23. The monoisotopic (exact) mass is 320 g/mol. The third-order valence-electron chi connectivity index (χ3n) is 4.53. The van der Waals surface area contributed by atoms with E-state index in [9.17, 15) is 4.79 Å². The van der Waals surface area contributed by atoms with Crippen molar-refractivity contribution in [2.45, 2.75) is 32.1 Å². The summed E-state index contributed by atoms with van der Waals surface area (Å²) in [6.45, 7) is 2.40. The van der Waals surface area contributed by atoms with Crippen molar-refractivity contribution < 1.29 is 14.3 Å². The topological polar surface area (TPSA) is 64.8 Å². The van der Waals surface area contributed by atoms with Gasteiger partial charge in [-0.05, 0) is 43.9 Å². The second-order valence-electron chi connectivity index (χ2n) is 6.08. The van der Waals surface area contributed by atoms with Crippen LogP contribution in [0.4, 0.5) is 0 Å². The third-order valence-corrected chi connectivity index (χ3v) is 4.53. The molecule has 1 saturated heterocycles. The van der Waals surface area contributed by atoms with Crippen LogP contribution >= 0.6 is 0 Å². The molecule has 1 unspecified atom stereocenters. The van der Waals surface area contributed by atoms with Crippen LogP contribution in [-0.2, 0) is 0 Å². The molecule has 0 saturated carbocycles. The van der Waals surface area contributed by atoms with E-state index in [1.807, 2.05) is 11.0 Å². The third kappa shape index (κ3) is 4.38. The van der Waals surface area contributed by atoms with Gasteiger partial charge in [0.15, 0.2) is 0 Å². The Kier molecular flexibility index (Phi) is 6.71. The number of nitrogens with two attached hydrogens (primary N) is 1. The molecule has 0 aliphatic carbocycles. The molecule has 1 amide bonds. The van der Waals surface area contributed by atoms with Crippen LogP contribution in [0.25, 0.3) is 0 Å². The summed E-state index contributed by atoms with van der Waals surface area (Å²) >= 11 is 0. The summed E-state index contributed by atoms with van der Waals surface area (Å²) in [5.41, 5.74) is 6.06. The van der Waals surface area contributed by atoms with Gasteiger partial charge in [-0.1, -0.05) is 18.9 Å². The van der Waals surface area contributed by atoms with E-state index in [1.54, 1.807) is 26.4 Å². The van der Waals surface area contributed by atoms with Gasteiger partial charge in [-0.3, -0.25) is 4.79 Å². The van der Waals surface area contributed by atoms with Gasteiger partial charge < -0.3 is 20.1 Å². The van der Waals surface area contributed by atoms with Crippen LogP contribution in [0, 0.1) is 5.92 Å². The van der Waals surface area contributed by atoms with E-state index in [4.69, 9.17) is 15.2 Å². The van der Waals surface area contributed by atoms with Gasteiger partial charge in [-0.25, -0.2) is 0 Å². The lowest BCUT2D eigenvalue weighted by molar-refractivity contribution is 0.0779. The number of benzene rings is 1.